The summed E-state index contributed by atoms with van der Waals surface area (Å²) in [7, 11) is 0. The molecule has 1 aliphatic heterocycles. The molecule has 0 radical (unpaired) electrons. The predicted molar refractivity (Wildman–Crippen MR) is 116 cm³/mol. The Labute approximate surface area is 173 Å². The number of hydrogen-bond acceptors (Lipinski definition) is 7. The van der Waals surface area contributed by atoms with Gasteiger partial charge in [-0.05, 0) is 62.2 Å². The van der Waals surface area contributed by atoms with Crippen molar-refractivity contribution in [3.8, 4) is 11.5 Å². The third kappa shape index (κ3) is 3.32. The Morgan fingerprint density at radius 1 is 1.14 bits per heavy atom. The van der Waals surface area contributed by atoms with E-state index in [1.165, 1.54) is 10.4 Å². The number of nitrogens with zero attached hydrogens (tertiary/aromatic N) is 3. The Balaban J connectivity index is 1.43. The van der Waals surface area contributed by atoms with E-state index in [1.54, 1.807) is 23.9 Å². The van der Waals surface area contributed by atoms with Crippen LogP contribution in [0.1, 0.15) is 34.7 Å². The highest BCUT2D eigenvalue weighted by molar-refractivity contribution is 7.19. The van der Waals surface area contributed by atoms with Crippen molar-refractivity contribution in [2.45, 2.75) is 33.4 Å². The maximum atomic E-state index is 5.98. The summed E-state index contributed by atoms with van der Waals surface area (Å²) < 4.78 is 5.98. The van der Waals surface area contributed by atoms with E-state index >= 15 is 0 Å². The van der Waals surface area contributed by atoms with Crippen molar-refractivity contribution in [3.63, 3.8) is 0 Å². The van der Waals surface area contributed by atoms with Gasteiger partial charge in [0.15, 0.2) is 0 Å². The van der Waals surface area contributed by atoms with Gasteiger partial charge in [-0.15, -0.1) is 11.3 Å². The Morgan fingerprint density at radius 2 is 2.03 bits per heavy atom. The third-order valence-corrected chi connectivity index (χ3v) is 6.47. The molecule has 3 aromatic heterocycles. The topological polar surface area (TPSA) is 72.0 Å². The summed E-state index contributed by atoms with van der Waals surface area (Å²) in [5.74, 6) is 2.38. The molecular weight excluding hydrogens is 382 g/mol. The smallest absolute Gasteiger partial charge is 0.145 e. The Kier molecular flexibility index (Phi) is 4.41. The van der Waals surface area contributed by atoms with E-state index in [1.807, 2.05) is 38.1 Å². The fourth-order valence-electron chi connectivity index (χ4n) is 3.60. The molecule has 0 amide bonds. The molecule has 146 valence electrons. The van der Waals surface area contributed by atoms with Gasteiger partial charge in [0.1, 0.15) is 28.5 Å². The van der Waals surface area contributed by atoms with Gasteiger partial charge in [0.25, 0.3) is 0 Å². The summed E-state index contributed by atoms with van der Waals surface area (Å²) in [5, 5.41) is 8.09. The van der Waals surface area contributed by atoms with E-state index in [0.29, 0.717) is 6.04 Å². The van der Waals surface area contributed by atoms with E-state index in [-0.39, 0.29) is 0 Å². The molecule has 0 bridgehead atoms. The van der Waals surface area contributed by atoms with Crippen LogP contribution in [0.3, 0.4) is 0 Å². The second kappa shape index (κ2) is 7.09. The fraction of sp³-hybridized carbons (Fsp3) is 0.227. The van der Waals surface area contributed by atoms with Crippen LogP contribution >= 0.6 is 11.3 Å². The summed E-state index contributed by atoms with van der Waals surface area (Å²) in [4.78, 5) is 15.7. The normalized spacial score (nSPS) is 15.5. The monoisotopic (exact) mass is 403 g/mol. The van der Waals surface area contributed by atoms with Gasteiger partial charge >= 0.3 is 0 Å². The van der Waals surface area contributed by atoms with Gasteiger partial charge in [0, 0.05) is 28.8 Å². The zero-order valence-corrected chi connectivity index (χ0v) is 17.3. The average molecular weight is 404 g/mol. The lowest BCUT2D eigenvalue weighted by Crippen LogP contribution is -2.07. The summed E-state index contributed by atoms with van der Waals surface area (Å²) in [5.41, 5.74) is 4.28. The number of aromatic nitrogens is 3. The van der Waals surface area contributed by atoms with Gasteiger partial charge in [-0.2, -0.15) is 0 Å². The quantitative estimate of drug-likeness (QED) is 0.475. The third-order valence-electron chi connectivity index (χ3n) is 5.15. The summed E-state index contributed by atoms with van der Waals surface area (Å²) in [6.45, 7) is 7.03. The zero-order chi connectivity index (χ0) is 20.0. The molecule has 0 aliphatic carbocycles. The van der Waals surface area contributed by atoms with Gasteiger partial charge < -0.3 is 15.4 Å². The maximum absolute atomic E-state index is 5.98. The molecule has 4 heterocycles. The number of rotatable bonds is 4. The van der Waals surface area contributed by atoms with E-state index < -0.39 is 0 Å². The minimum absolute atomic E-state index is 0.368. The molecule has 1 unspecified atom stereocenters. The van der Waals surface area contributed by atoms with E-state index in [0.717, 1.165) is 51.0 Å². The number of hydrogen-bond donors (Lipinski definition) is 2. The molecular formula is C22H21N5OS. The molecule has 5 rings (SSSR count). The number of benzene rings is 1. The number of anilines is 2. The van der Waals surface area contributed by atoms with Crippen LogP contribution in [0.4, 0.5) is 11.5 Å². The van der Waals surface area contributed by atoms with Crippen molar-refractivity contribution < 1.29 is 4.74 Å². The van der Waals surface area contributed by atoms with Crippen LogP contribution in [0.5, 0.6) is 11.5 Å². The number of nitrogens with one attached hydrogen (secondary N) is 2. The average Bonchev–Trinajstić information content (AvgIpc) is 3.26. The minimum atomic E-state index is 0.368. The zero-order valence-electron chi connectivity index (χ0n) is 16.5. The largest absolute Gasteiger partial charge is 0.455 e. The number of ether oxygens (including phenoxy) is 1. The second-order valence-corrected chi connectivity index (χ2v) is 8.32. The van der Waals surface area contributed by atoms with Gasteiger partial charge in [-0.3, -0.25) is 4.98 Å². The van der Waals surface area contributed by atoms with Crippen molar-refractivity contribution in [2.24, 2.45) is 0 Å². The summed E-state index contributed by atoms with van der Waals surface area (Å²) in [6.07, 6.45) is 3.37. The molecule has 1 aromatic carbocycles. The van der Waals surface area contributed by atoms with E-state index in [2.05, 4.69) is 38.6 Å². The molecule has 4 aromatic rings. The highest BCUT2D eigenvalue weighted by Gasteiger charge is 2.25. The predicted octanol–water partition coefficient (Wildman–Crippen LogP) is 5.40. The molecule has 7 heteroatoms. The van der Waals surface area contributed by atoms with Gasteiger partial charge in [0.05, 0.1) is 11.6 Å². The Hall–Kier alpha value is -3.03. The van der Waals surface area contributed by atoms with Crippen LogP contribution in [0.15, 0.2) is 42.9 Å². The molecule has 0 saturated heterocycles. The van der Waals surface area contributed by atoms with Crippen molar-refractivity contribution >= 4 is 33.1 Å². The van der Waals surface area contributed by atoms with E-state index in [9.17, 15) is 0 Å². The number of fused-ring (bicyclic) bond motifs is 3. The van der Waals surface area contributed by atoms with Gasteiger partial charge in [0.2, 0.25) is 0 Å². The first-order valence-corrected chi connectivity index (χ1v) is 10.4. The maximum Gasteiger partial charge on any atom is 0.145 e. The van der Waals surface area contributed by atoms with Gasteiger partial charge in [-0.1, -0.05) is 0 Å². The van der Waals surface area contributed by atoms with Crippen LogP contribution in [-0.2, 0) is 6.54 Å². The van der Waals surface area contributed by atoms with Crippen LogP contribution in [0.25, 0.3) is 10.2 Å². The molecule has 2 N–H and O–H groups in total. The van der Waals surface area contributed by atoms with Crippen LogP contribution < -0.4 is 15.4 Å². The highest BCUT2D eigenvalue weighted by atomic mass is 32.1. The Morgan fingerprint density at radius 3 is 2.83 bits per heavy atom. The molecule has 1 aliphatic rings. The van der Waals surface area contributed by atoms with Crippen molar-refractivity contribution in [3.05, 3.63) is 64.6 Å². The lowest BCUT2D eigenvalue weighted by molar-refractivity contribution is 0.476. The van der Waals surface area contributed by atoms with Crippen molar-refractivity contribution in [1.29, 1.82) is 0 Å². The summed E-state index contributed by atoms with van der Waals surface area (Å²) >= 11 is 1.75. The van der Waals surface area contributed by atoms with Crippen molar-refractivity contribution in [2.75, 3.05) is 5.32 Å². The number of aryl methyl sites for hydroxylation is 2. The van der Waals surface area contributed by atoms with Crippen LogP contribution in [-0.4, -0.2) is 15.0 Å². The lowest BCUT2D eigenvalue weighted by atomic mass is 10.1. The second-order valence-electron chi connectivity index (χ2n) is 7.29. The molecule has 1 atom stereocenters. The first kappa shape index (κ1) is 18.0. The molecule has 0 spiro atoms. The Bertz CT molecular complexity index is 1200. The molecule has 0 saturated carbocycles. The van der Waals surface area contributed by atoms with Gasteiger partial charge in [-0.25, -0.2) is 9.97 Å². The van der Waals surface area contributed by atoms with Crippen molar-refractivity contribution in [1.82, 2.24) is 20.3 Å². The van der Waals surface area contributed by atoms with Crippen LogP contribution in [0, 0.1) is 13.8 Å². The molecule has 6 nitrogen and oxygen atoms in total. The molecule has 29 heavy (non-hydrogen) atoms. The number of thiophene rings is 1. The molecule has 0 fully saturated rings. The first-order valence-electron chi connectivity index (χ1n) is 9.56. The first-order chi connectivity index (χ1) is 14.1. The fourth-order valence-corrected chi connectivity index (χ4v) is 4.78. The summed E-state index contributed by atoms with van der Waals surface area (Å²) in [6, 6.07) is 10.3. The SMILES string of the molecule is Cc1ccc(Oc2ccc(Nc3ncnc4sc5c(c34)CNC5C)cc2C)cn1. The lowest BCUT2D eigenvalue weighted by Gasteiger charge is -2.12. The van der Waals surface area contributed by atoms with Crippen LogP contribution in [0.2, 0.25) is 0 Å². The number of pyridine rings is 1. The standard InChI is InChI=1S/C22H21N5OS/c1-12-8-15(5-7-18(12)28-16-6-4-13(2)23-9-16)27-21-19-17-10-24-14(3)20(17)29-22(19)26-11-25-21/h4-9,11,14,24H,10H2,1-3H3,(H,25,26,27). The minimum Gasteiger partial charge on any atom is -0.455 e. The van der Waals surface area contributed by atoms with E-state index in [4.69, 9.17) is 4.74 Å². The highest BCUT2D eigenvalue weighted by Crippen LogP contribution is 2.41.